The lowest BCUT2D eigenvalue weighted by Gasteiger charge is -2.08. The standard InChI is InChI=1S/C13H23N3O3/c1-15-10-11(12(17)16(2)13(15)18)9-14-7-5-4-6-8-19-3/h10,14H,4-9H2,1-3H3. The monoisotopic (exact) mass is 269 g/mol. The predicted molar refractivity (Wildman–Crippen MR) is 74.4 cm³/mol. The topological polar surface area (TPSA) is 65.3 Å². The van der Waals surface area contributed by atoms with Gasteiger partial charge in [0.2, 0.25) is 0 Å². The predicted octanol–water partition coefficient (Wildman–Crippen LogP) is -0.00970. The lowest BCUT2D eigenvalue weighted by molar-refractivity contribution is 0.192. The molecule has 0 spiro atoms. The number of ether oxygens (including phenoxy) is 1. The van der Waals surface area contributed by atoms with Crippen molar-refractivity contribution in [3.8, 4) is 0 Å². The van der Waals surface area contributed by atoms with Crippen LogP contribution in [0.3, 0.4) is 0 Å². The zero-order valence-corrected chi connectivity index (χ0v) is 11.9. The summed E-state index contributed by atoms with van der Waals surface area (Å²) < 4.78 is 7.54. The van der Waals surface area contributed by atoms with Crippen LogP contribution in [0, 0.1) is 0 Å². The molecule has 1 heterocycles. The number of nitrogens with zero attached hydrogens (tertiary/aromatic N) is 2. The van der Waals surface area contributed by atoms with Crippen LogP contribution < -0.4 is 16.6 Å². The molecule has 0 aromatic carbocycles. The molecule has 0 radical (unpaired) electrons. The Morgan fingerprint density at radius 2 is 1.95 bits per heavy atom. The van der Waals surface area contributed by atoms with Crippen molar-refractivity contribution in [3.63, 3.8) is 0 Å². The zero-order chi connectivity index (χ0) is 14.3. The van der Waals surface area contributed by atoms with Crippen molar-refractivity contribution in [1.82, 2.24) is 14.5 Å². The minimum absolute atomic E-state index is 0.227. The van der Waals surface area contributed by atoms with Gasteiger partial charge in [0.05, 0.1) is 0 Å². The van der Waals surface area contributed by atoms with Crippen molar-refractivity contribution in [2.24, 2.45) is 14.1 Å². The van der Waals surface area contributed by atoms with E-state index in [1.165, 1.54) is 11.6 Å². The molecule has 0 saturated heterocycles. The lowest BCUT2D eigenvalue weighted by Crippen LogP contribution is -2.39. The Bertz CT molecular complexity index is 505. The molecular weight excluding hydrogens is 246 g/mol. The average molecular weight is 269 g/mol. The third-order valence-electron chi connectivity index (χ3n) is 3.03. The Morgan fingerprint density at radius 1 is 1.21 bits per heavy atom. The summed E-state index contributed by atoms with van der Waals surface area (Å²) in [5.74, 6) is 0. The fraction of sp³-hybridized carbons (Fsp3) is 0.692. The van der Waals surface area contributed by atoms with Crippen molar-refractivity contribution in [2.45, 2.75) is 25.8 Å². The number of hydrogen-bond donors (Lipinski definition) is 1. The average Bonchev–Trinajstić information content (AvgIpc) is 2.41. The Morgan fingerprint density at radius 3 is 2.63 bits per heavy atom. The highest BCUT2D eigenvalue weighted by atomic mass is 16.5. The van der Waals surface area contributed by atoms with Gasteiger partial charge in [0.25, 0.3) is 5.56 Å². The molecule has 1 aromatic heterocycles. The Balaban J connectivity index is 2.42. The second-order valence-corrected chi connectivity index (χ2v) is 4.64. The Kier molecular flexibility index (Phi) is 6.52. The SMILES string of the molecule is COCCCCCNCc1cn(C)c(=O)n(C)c1=O. The second kappa shape index (κ2) is 7.91. The number of aryl methyl sites for hydroxylation is 1. The van der Waals surface area contributed by atoms with Crippen LogP contribution in [0.5, 0.6) is 0 Å². The van der Waals surface area contributed by atoms with E-state index in [-0.39, 0.29) is 11.2 Å². The fourth-order valence-corrected chi connectivity index (χ4v) is 1.90. The third kappa shape index (κ3) is 4.65. The molecule has 0 aliphatic rings. The molecule has 1 rings (SSSR count). The van der Waals surface area contributed by atoms with Crippen LogP contribution in [0.2, 0.25) is 0 Å². The maximum Gasteiger partial charge on any atom is 0.330 e. The van der Waals surface area contributed by atoms with Gasteiger partial charge in [-0.15, -0.1) is 0 Å². The number of hydrogen-bond acceptors (Lipinski definition) is 4. The van der Waals surface area contributed by atoms with Crippen LogP contribution in [-0.4, -0.2) is 29.4 Å². The van der Waals surface area contributed by atoms with Gasteiger partial charge in [-0.3, -0.25) is 9.36 Å². The van der Waals surface area contributed by atoms with Gasteiger partial charge in [-0.05, 0) is 25.8 Å². The largest absolute Gasteiger partial charge is 0.385 e. The normalized spacial score (nSPS) is 10.9. The molecule has 0 fully saturated rings. The summed E-state index contributed by atoms with van der Waals surface area (Å²) in [6.07, 6.45) is 4.81. The highest BCUT2D eigenvalue weighted by molar-refractivity contribution is 5.05. The van der Waals surface area contributed by atoms with Gasteiger partial charge in [-0.1, -0.05) is 0 Å². The zero-order valence-electron chi connectivity index (χ0n) is 11.9. The molecule has 0 aliphatic heterocycles. The molecule has 0 saturated carbocycles. The van der Waals surface area contributed by atoms with Gasteiger partial charge in [-0.25, -0.2) is 4.79 Å². The molecule has 0 unspecified atom stereocenters. The Hall–Kier alpha value is -1.40. The molecule has 19 heavy (non-hydrogen) atoms. The second-order valence-electron chi connectivity index (χ2n) is 4.64. The molecule has 1 aromatic rings. The number of nitrogens with one attached hydrogen (secondary N) is 1. The summed E-state index contributed by atoms with van der Waals surface area (Å²) in [6, 6.07) is 0. The van der Waals surface area contributed by atoms with Gasteiger partial charge in [0.15, 0.2) is 0 Å². The van der Waals surface area contributed by atoms with Crippen LogP contribution >= 0.6 is 0 Å². The minimum Gasteiger partial charge on any atom is -0.385 e. The Labute approximate surface area is 113 Å². The van der Waals surface area contributed by atoms with Crippen LogP contribution in [0.4, 0.5) is 0 Å². The minimum atomic E-state index is -0.298. The molecule has 0 aliphatic carbocycles. The van der Waals surface area contributed by atoms with E-state index >= 15 is 0 Å². The first-order valence-electron chi connectivity index (χ1n) is 6.53. The van der Waals surface area contributed by atoms with Crippen LogP contribution in [0.1, 0.15) is 24.8 Å². The third-order valence-corrected chi connectivity index (χ3v) is 3.03. The van der Waals surface area contributed by atoms with E-state index in [0.717, 1.165) is 37.0 Å². The van der Waals surface area contributed by atoms with Gasteiger partial charge in [0, 0.05) is 46.1 Å². The maximum atomic E-state index is 11.8. The van der Waals surface area contributed by atoms with Crippen molar-refractivity contribution in [1.29, 1.82) is 0 Å². The number of unbranched alkanes of at least 4 members (excludes halogenated alkanes) is 2. The number of aromatic nitrogens is 2. The molecule has 6 nitrogen and oxygen atoms in total. The summed E-state index contributed by atoms with van der Waals surface area (Å²) in [4.78, 5) is 23.4. The highest BCUT2D eigenvalue weighted by Crippen LogP contribution is 1.94. The quantitative estimate of drug-likeness (QED) is 0.674. The summed E-state index contributed by atoms with van der Waals surface area (Å²) in [6.45, 7) is 2.14. The van der Waals surface area contributed by atoms with Crippen molar-refractivity contribution in [3.05, 3.63) is 32.6 Å². The van der Waals surface area contributed by atoms with Crippen molar-refractivity contribution < 1.29 is 4.74 Å². The highest BCUT2D eigenvalue weighted by Gasteiger charge is 2.05. The van der Waals surface area contributed by atoms with E-state index in [0.29, 0.717) is 12.1 Å². The molecular formula is C13H23N3O3. The first-order valence-corrected chi connectivity index (χ1v) is 6.53. The van der Waals surface area contributed by atoms with E-state index in [2.05, 4.69) is 5.32 Å². The van der Waals surface area contributed by atoms with Gasteiger partial charge < -0.3 is 14.6 Å². The van der Waals surface area contributed by atoms with Crippen molar-refractivity contribution in [2.75, 3.05) is 20.3 Å². The lowest BCUT2D eigenvalue weighted by atomic mass is 10.2. The summed E-state index contributed by atoms with van der Waals surface area (Å²) >= 11 is 0. The molecule has 0 bridgehead atoms. The molecule has 1 N–H and O–H groups in total. The van der Waals surface area contributed by atoms with Crippen LogP contribution in [-0.2, 0) is 25.4 Å². The van der Waals surface area contributed by atoms with Gasteiger partial charge >= 0.3 is 5.69 Å². The van der Waals surface area contributed by atoms with Crippen molar-refractivity contribution >= 4 is 0 Å². The van der Waals surface area contributed by atoms with E-state index < -0.39 is 0 Å². The molecule has 0 atom stereocenters. The molecule has 6 heteroatoms. The number of rotatable bonds is 8. The van der Waals surface area contributed by atoms with E-state index in [1.807, 2.05) is 0 Å². The van der Waals surface area contributed by atoms with Crippen LogP contribution in [0.15, 0.2) is 15.8 Å². The first-order chi connectivity index (χ1) is 9.07. The first kappa shape index (κ1) is 15.7. The maximum absolute atomic E-state index is 11.8. The molecule has 108 valence electrons. The summed E-state index contributed by atoms with van der Waals surface area (Å²) in [7, 11) is 4.85. The summed E-state index contributed by atoms with van der Waals surface area (Å²) in [5.41, 5.74) is 0.0878. The van der Waals surface area contributed by atoms with Crippen LogP contribution in [0.25, 0.3) is 0 Å². The summed E-state index contributed by atoms with van der Waals surface area (Å²) in [5, 5.41) is 3.22. The van der Waals surface area contributed by atoms with Gasteiger partial charge in [0.1, 0.15) is 0 Å². The van der Waals surface area contributed by atoms with E-state index in [9.17, 15) is 9.59 Å². The van der Waals surface area contributed by atoms with E-state index in [4.69, 9.17) is 4.74 Å². The number of methoxy groups -OCH3 is 1. The molecule has 0 amide bonds. The van der Waals surface area contributed by atoms with Gasteiger partial charge in [-0.2, -0.15) is 0 Å². The van der Waals surface area contributed by atoms with E-state index in [1.54, 1.807) is 20.4 Å². The fourth-order valence-electron chi connectivity index (χ4n) is 1.90. The smallest absolute Gasteiger partial charge is 0.330 e.